The van der Waals surface area contributed by atoms with Gasteiger partial charge in [-0.1, -0.05) is 17.7 Å². The van der Waals surface area contributed by atoms with Gasteiger partial charge >= 0.3 is 5.97 Å². The molecule has 2 N–H and O–H groups in total. The number of carboxylic acids is 1. The highest BCUT2D eigenvalue weighted by Gasteiger charge is 2.52. The predicted molar refractivity (Wildman–Crippen MR) is 80.8 cm³/mol. The van der Waals surface area contributed by atoms with E-state index in [1.807, 2.05) is 0 Å². The summed E-state index contributed by atoms with van der Waals surface area (Å²) in [5.74, 6) is -2.30. The molecule has 0 saturated carbocycles. The summed E-state index contributed by atoms with van der Waals surface area (Å²) in [6.07, 6.45) is 0. The largest absolute Gasteiger partial charge is 0.481 e. The molecule has 3 unspecified atom stereocenters. The molecule has 1 aliphatic rings. The van der Waals surface area contributed by atoms with Gasteiger partial charge in [-0.05, 0) is 38.5 Å². The molecule has 116 valence electrons. The van der Waals surface area contributed by atoms with Crippen molar-refractivity contribution in [2.75, 3.05) is 0 Å². The second-order valence-electron chi connectivity index (χ2n) is 5.70. The number of nitrogens with one attached hydrogen (secondary N) is 1. The van der Waals surface area contributed by atoms with E-state index < -0.39 is 29.2 Å². The standard InChI is InChI=1S/C16H16ClFN2O2/c1-8-12(7-19)14(11-5-4-10(18)6-13(11)17)16(3,15(21)22)9(2)20-8/h4-6,9,14,20H,1-3H3,(H,21,22). The normalized spacial score (nSPS) is 28.0. The van der Waals surface area contributed by atoms with Crippen molar-refractivity contribution in [2.24, 2.45) is 5.41 Å². The maximum Gasteiger partial charge on any atom is 0.312 e. The Kier molecular flexibility index (Phi) is 4.17. The van der Waals surface area contributed by atoms with Gasteiger partial charge in [0.1, 0.15) is 5.82 Å². The molecule has 1 aromatic carbocycles. The summed E-state index contributed by atoms with van der Waals surface area (Å²) in [6.45, 7) is 5.04. The number of halogens is 2. The third-order valence-corrected chi connectivity index (χ3v) is 4.81. The number of carboxylic acid groups (broad SMARTS) is 1. The summed E-state index contributed by atoms with van der Waals surface area (Å²) < 4.78 is 13.3. The summed E-state index contributed by atoms with van der Waals surface area (Å²) in [5, 5.41) is 22.4. The van der Waals surface area contributed by atoms with Gasteiger partial charge in [0.25, 0.3) is 0 Å². The number of rotatable bonds is 2. The molecule has 3 atom stereocenters. The van der Waals surface area contributed by atoms with Crippen LogP contribution in [0.3, 0.4) is 0 Å². The van der Waals surface area contributed by atoms with Crippen molar-refractivity contribution in [3.05, 3.63) is 45.9 Å². The predicted octanol–water partition coefficient (Wildman–Crippen LogP) is 3.44. The number of hydrogen-bond donors (Lipinski definition) is 2. The summed E-state index contributed by atoms with van der Waals surface area (Å²) >= 11 is 6.13. The highest BCUT2D eigenvalue weighted by molar-refractivity contribution is 6.31. The van der Waals surface area contributed by atoms with Crippen LogP contribution in [0, 0.1) is 22.6 Å². The van der Waals surface area contributed by atoms with E-state index in [2.05, 4.69) is 11.4 Å². The zero-order valence-corrected chi connectivity index (χ0v) is 13.2. The van der Waals surface area contributed by atoms with Gasteiger partial charge in [0.15, 0.2) is 0 Å². The SMILES string of the molecule is CC1=C(C#N)C(c2ccc(F)cc2Cl)C(C)(C(=O)O)C(C)N1. The summed E-state index contributed by atoms with van der Waals surface area (Å²) in [6, 6.07) is 5.46. The molecule has 0 aliphatic carbocycles. The van der Waals surface area contributed by atoms with Crippen LogP contribution in [0.2, 0.25) is 5.02 Å². The fourth-order valence-electron chi connectivity index (χ4n) is 2.99. The Morgan fingerprint density at radius 2 is 2.18 bits per heavy atom. The smallest absolute Gasteiger partial charge is 0.312 e. The van der Waals surface area contributed by atoms with Crippen LogP contribution in [0.15, 0.2) is 29.5 Å². The molecule has 0 spiro atoms. The monoisotopic (exact) mass is 322 g/mol. The second-order valence-corrected chi connectivity index (χ2v) is 6.11. The summed E-state index contributed by atoms with van der Waals surface area (Å²) in [4.78, 5) is 11.9. The molecule has 4 nitrogen and oxygen atoms in total. The van der Waals surface area contributed by atoms with Gasteiger partial charge in [0, 0.05) is 22.7 Å². The molecule has 2 rings (SSSR count). The van der Waals surface area contributed by atoms with Crippen molar-refractivity contribution in [3.63, 3.8) is 0 Å². The van der Waals surface area contributed by atoms with E-state index in [1.165, 1.54) is 12.1 Å². The van der Waals surface area contributed by atoms with Crippen LogP contribution in [-0.4, -0.2) is 17.1 Å². The van der Waals surface area contributed by atoms with E-state index in [9.17, 15) is 19.6 Å². The Bertz CT molecular complexity index is 711. The lowest BCUT2D eigenvalue weighted by atomic mass is 9.63. The van der Waals surface area contributed by atoms with Crippen molar-refractivity contribution >= 4 is 17.6 Å². The average molecular weight is 323 g/mol. The topological polar surface area (TPSA) is 73.1 Å². The summed E-state index contributed by atoms with van der Waals surface area (Å²) in [5.41, 5.74) is 0.0688. The molecule has 0 saturated heterocycles. The van der Waals surface area contributed by atoms with Gasteiger partial charge in [-0.3, -0.25) is 4.79 Å². The zero-order chi connectivity index (χ0) is 16.7. The van der Waals surface area contributed by atoms with E-state index in [-0.39, 0.29) is 5.02 Å². The van der Waals surface area contributed by atoms with Crippen LogP contribution in [0.25, 0.3) is 0 Å². The van der Waals surface area contributed by atoms with Gasteiger partial charge in [0.05, 0.1) is 17.1 Å². The molecule has 0 radical (unpaired) electrons. The minimum atomic E-state index is -1.29. The Balaban J connectivity index is 2.77. The van der Waals surface area contributed by atoms with E-state index in [0.29, 0.717) is 16.8 Å². The lowest BCUT2D eigenvalue weighted by molar-refractivity contribution is -0.150. The van der Waals surface area contributed by atoms with Crippen molar-refractivity contribution in [3.8, 4) is 6.07 Å². The quantitative estimate of drug-likeness (QED) is 0.874. The Morgan fingerprint density at radius 3 is 2.68 bits per heavy atom. The maximum atomic E-state index is 13.3. The molecule has 0 aromatic heterocycles. The first kappa shape index (κ1) is 16.3. The molecule has 1 aliphatic heterocycles. The van der Waals surface area contributed by atoms with Crippen LogP contribution in [0.5, 0.6) is 0 Å². The van der Waals surface area contributed by atoms with E-state index in [0.717, 1.165) is 6.07 Å². The maximum absolute atomic E-state index is 13.3. The molecule has 22 heavy (non-hydrogen) atoms. The molecule has 1 aromatic rings. The third-order valence-electron chi connectivity index (χ3n) is 4.48. The van der Waals surface area contributed by atoms with Crippen LogP contribution in [0.1, 0.15) is 32.3 Å². The molecule has 0 fully saturated rings. The number of benzene rings is 1. The Labute approximate surface area is 133 Å². The minimum absolute atomic E-state index is 0.118. The number of hydrogen-bond acceptors (Lipinski definition) is 3. The van der Waals surface area contributed by atoms with E-state index in [1.54, 1.807) is 20.8 Å². The van der Waals surface area contributed by atoms with Gasteiger partial charge in [-0.25, -0.2) is 4.39 Å². The first-order valence-electron chi connectivity index (χ1n) is 6.79. The lowest BCUT2D eigenvalue weighted by Crippen LogP contribution is -2.53. The Hall–Kier alpha value is -2.06. The van der Waals surface area contributed by atoms with Crippen LogP contribution < -0.4 is 5.32 Å². The van der Waals surface area contributed by atoms with Gasteiger partial charge in [-0.15, -0.1) is 0 Å². The van der Waals surface area contributed by atoms with Gasteiger partial charge < -0.3 is 10.4 Å². The number of nitrogens with zero attached hydrogens (tertiary/aromatic N) is 1. The van der Waals surface area contributed by atoms with Crippen LogP contribution in [-0.2, 0) is 4.79 Å². The summed E-state index contributed by atoms with van der Waals surface area (Å²) in [7, 11) is 0. The van der Waals surface area contributed by atoms with Crippen molar-refractivity contribution < 1.29 is 14.3 Å². The first-order valence-corrected chi connectivity index (χ1v) is 7.17. The van der Waals surface area contributed by atoms with Crippen LogP contribution in [0.4, 0.5) is 4.39 Å². The average Bonchev–Trinajstić information content (AvgIpc) is 2.43. The van der Waals surface area contributed by atoms with Crippen molar-refractivity contribution in [1.82, 2.24) is 5.32 Å². The highest BCUT2D eigenvalue weighted by Crippen LogP contribution is 2.49. The zero-order valence-electron chi connectivity index (χ0n) is 12.4. The molecule has 6 heteroatoms. The van der Waals surface area contributed by atoms with Crippen molar-refractivity contribution in [1.29, 1.82) is 5.26 Å². The molecule has 0 bridgehead atoms. The van der Waals surface area contributed by atoms with Gasteiger partial charge in [0.2, 0.25) is 0 Å². The minimum Gasteiger partial charge on any atom is -0.481 e. The number of allylic oxidation sites excluding steroid dienone is 2. The molecular weight excluding hydrogens is 307 g/mol. The van der Waals surface area contributed by atoms with Crippen molar-refractivity contribution in [2.45, 2.75) is 32.7 Å². The van der Waals surface area contributed by atoms with Gasteiger partial charge in [-0.2, -0.15) is 5.26 Å². The third kappa shape index (κ3) is 2.34. The molecule has 1 heterocycles. The highest BCUT2D eigenvalue weighted by atomic mass is 35.5. The lowest BCUT2D eigenvalue weighted by Gasteiger charge is -2.44. The molecular formula is C16H16ClFN2O2. The number of aliphatic carboxylic acids is 1. The molecule has 0 amide bonds. The number of nitriles is 1. The fraction of sp³-hybridized carbons (Fsp3) is 0.375. The number of carbonyl (C=O) groups is 1. The first-order chi connectivity index (χ1) is 10.2. The second kappa shape index (κ2) is 5.62. The Morgan fingerprint density at radius 1 is 1.55 bits per heavy atom. The van der Waals surface area contributed by atoms with E-state index >= 15 is 0 Å². The van der Waals surface area contributed by atoms with E-state index in [4.69, 9.17) is 11.6 Å². The fourth-order valence-corrected chi connectivity index (χ4v) is 3.27. The van der Waals surface area contributed by atoms with Crippen LogP contribution >= 0.6 is 11.6 Å².